The van der Waals surface area contributed by atoms with Crippen LogP contribution in [0.3, 0.4) is 0 Å². The van der Waals surface area contributed by atoms with Crippen LogP contribution in [0.1, 0.15) is 27.7 Å². The van der Waals surface area contributed by atoms with E-state index in [1.807, 2.05) is 94.4 Å². The normalized spacial score (nSPS) is 10.7. The van der Waals surface area contributed by atoms with Crippen molar-refractivity contribution in [3.63, 3.8) is 0 Å². The Morgan fingerprint density at radius 3 is 1.31 bits per heavy atom. The Hall–Kier alpha value is -6.08. The molecular formula is C45H47N3O4. The maximum absolute atomic E-state index is 5.87. The number of para-hydroxylation sites is 1. The van der Waals surface area contributed by atoms with Crippen LogP contribution in [0.25, 0.3) is 21.8 Å². The molecule has 0 saturated carbocycles. The van der Waals surface area contributed by atoms with Gasteiger partial charge in [-0.2, -0.15) is 0 Å². The number of nitrogens with one attached hydrogen (secondary N) is 1. The molecule has 0 atom stereocenters. The van der Waals surface area contributed by atoms with E-state index >= 15 is 0 Å². The van der Waals surface area contributed by atoms with Gasteiger partial charge in [0.15, 0.2) is 0 Å². The molecule has 1 N–H and O–H groups in total. The monoisotopic (exact) mass is 693 g/mol. The highest BCUT2D eigenvalue weighted by molar-refractivity contribution is 6.10. The number of H-pyrrole nitrogens is 1. The van der Waals surface area contributed by atoms with Gasteiger partial charge in [-0.25, -0.2) is 0 Å². The summed E-state index contributed by atoms with van der Waals surface area (Å²) < 4.78 is 22.7. The van der Waals surface area contributed by atoms with Gasteiger partial charge in [0, 0.05) is 75.5 Å². The van der Waals surface area contributed by atoms with Crippen LogP contribution in [0.4, 0.5) is 28.4 Å². The minimum atomic E-state index is 0.608. The molecule has 0 amide bonds. The second kappa shape index (κ2) is 17.2. The van der Waals surface area contributed by atoms with Crippen LogP contribution in [0.15, 0.2) is 140 Å². The quantitative estimate of drug-likeness (QED) is 0.130. The lowest BCUT2D eigenvalue weighted by Gasteiger charge is -2.26. The van der Waals surface area contributed by atoms with E-state index in [4.69, 9.17) is 18.9 Å². The number of hydrogen-bond donors (Lipinski definition) is 1. The van der Waals surface area contributed by atoms with Crippen LogP contribution in [0.2, 0.25) is 0 Å². The van der Waals surface area contributed by atoms with Crippen molar-refractivity contribution in [1.29, 1.82) is 0 Å². The number of anilines is 5. The summed E-state index contributed by atoms with van der Waals surface area (Å²) in [6, 6.07) is 47.6. The third kappa shape index (κ3) is 8.44. The summed E-state index contributed by atoms with van der Waals surface area (Å²) in [5.74, 6) is 3.48. The van der Waals surface area contributed by atoms with Crippen molar-refractivity contribution in [2.45, 2.75) is 27.7 Å². The van der Waals surface area contributed by atoms with Crippen molar-refractivity contribution < 1.29 is 18.9 Å². The van der Waals surface area contributed by atoms with E-state index in [0.29, 0.717) is 19.8 Å². The number of benzene rings is 6. The number of nitrogens with zero attached hydrogens (tertiary/aromatic N) is 2. The number of aromatic amines is 1. The van der Waals surface area contributed by atoms with Crippen LogP contribution in [0.5, 0.6) is 23.0 Å². The van der Waals surface area contributed by atoms with E-state index in [1.165, 1.54) is 0 Å². The predicted octanol–water partition coefficient (Wildman–Crippen LogP) is 11.8. The van der Waals surface area contributed by atoms with Crippen molar-refractivity contribution >= 4 is 50.2 Å². The fourth-order valence-corrected chi connectivity index (χ4v) is 6.21. The van der Waals surface area contributed by atoms with Gasteiger partial charge in [-0.15, -0.1) is 0 Å². The van der Waals surface area contributed by atoms with Gasteiger partial charge in [-0.05, 0) is 113 Å². The first-order chi connectivity index (χ1) is 25.5. The number of hydrogen-bond acceptors (Lipinski definition) is 6. The average Bonchev–Trinajstić information content (AvgIpc) is 3.54. The van der Waals surface area contributed by atoms with E-state index in [1.54, 1.807) is 0 Å². The van der Waals surface area contributed by atoms with Crippen molar-refractivity contribution in [3.8, 4) is 23.0 Å². The topological polar surface area (TPSA) is 59.2 Å². The lowest BCUT2D eigenvalue weighted by atomic mass is 10.1. The first-order valence-electron chi connectivity index (χ1n) is 18.0. The fraction of sp³-hybridized carbons (Fsp3) is 0.200. The van der Waals surface area contributed by atoms with Gasteiger partial charge in [0.1, 0.15) is 23.0 Å². The highest BCUT2D eigenvalue weighted by atomic mass is 16.5. The van der Waals surface area contributed by atoms with Crippen molar-refractivity contribution in [2.24, 2.45) is 0 Å². The molecule has 7 nitrogen and oxygen atoms in total. The number of rotatable bonds is 13. The standard InChI is InChI=1S/C37H37N3O3.C8H10O/c1-5-41-31-14-8-11-26(21-31)39(4)27-17-19-36-34(24-27)35-25-30(18-20-37(35)38-36)40(28-12-9-15-32(22-28)42-6-2)29-13-10-16-33(23-29)43-7-3;1-2-9-8-6-4-3-5-7-8/h8-25,38H,5-7H2,1-4H3;3-7H,2H2,1H3. The molecule has 0 unspecified atom stereocenters. The summed E-state index contributed by atoms with van der Waals surface area (Å²) in [5, 5.41) is 2.31. The molecule has 0 aliphatic heterocycles. The van der Waals surface area contributed by atoms with Crippen molar-refractivity contribution in [3.05, 3.63) is 140 Å². The molecular weight excluding hydrogens is 647 g/mol. The summed E-state index contributed by atoms with van der Waals surface area (Å²) in [6.45, 7) is 10.6. The van der Waals surface area contributed by atoms with E-state index in [2.05, 4.69) is 94.6 Å². The van der Waals surface area contributed by atoms with E-state index < -0.39 is 0 Å². The van der Waals surface area contributed by atoms with Crippen molar-refractivity contribution in [1.82, 2.24) is 4.98 Å². The Kier molecular flexibility index (Phi) is 11.8. The van der Waals surface area contributed by atoms with Gasteiger partial charge in [-0.3, -0.25) is 0 Å². The second-order valence-electron chi connectivity index (χ2n) is 12.0. The number of fused-ring (bicyclic) bond motifs is 3. The van der Waals surface area contributed by atoms with Gasteiger partial charge in [0.25, 0.3) is 0 Å². The second-order valence-corrected chi connectivity index (χ2v) is 12.0. The highest BCUT2D eigenvalue weighted by Gasteiger charge is 2.17. The minimum Gasteiger partial charge on any atom is -0.494 e. The van der Waals surface area contributed by atoms with E-state index in [-0.39, 0.29) is 0 Å². The average molecular weight is 694 g/mol. The summed E-state index contributed by atoms with van der Waals surface area (Å²) in [7, 11) is 2.09. The fourth-order valence-electron chi connectivity index (χ4n) is 6.21. The zero-order chi connectivity index (χ0) is 36.3. The van der Waals surface area contributed by atoms with Gasteiger partial charge in [0.05, 0.1) is 26.4 Å². The van der Waals surface area contributed by atoms with Gasteiger partial charge in [0.2, 0.25) is 0 Å². The SMILES string of the molecule is CCOc1cccc(N(C)c2ccc3[nH]c4ccc(N(c5cccc(OCC)c5)c5cccc(OCC)c5)cc4c3c2)c1.CCOc1ccccc1. The van der Waals surface area contributed by atoms with Gasteiger partial charge >= 0.3 is 0 Å². The van der Waals surface area contributed by atoms with E-state index in [9.17, 15) is 0 Å². The molecule has 0 radical (unpaired) electrons. The summed E-state index contributed by atoms with van der Waals surface area (Å²) in [5.41, 5.74) is 7.40. The Bertz CT molecular complexity index is 2150. The van der Waals surface area contributed by atoms with Gasteiger partial charge in [-0.1, -0.05) is 36.4 Å². The lowest BCUT2D eigenvalue weighted by molar-refractivity contribution is 0.340. The molecule has 6 aromatic carbocycles. The van der Waals surface area contributed by atoms with Crippen LogP contribution in [-0.2, 0) is 0 Å². The molecule has 0 bridgehead atoms. The van der Waals surface area contributed by atoms with Crippen molar-refractivity contribution in [2.75, 3.05) is 43.3 Å². The first kappa shape index (κ1) is 35.7. The molecule has 52 heavy (non-hydrogen) atoms. The number of aromatic nitrogens is 1. The van der Waals surface area contributed by atoms with E-state index in [0.717, 1.165) is 79.8 Å². The Labute approximate surface area is 306 Å². The van der Waals surface area contributed by atoms with Gasteiger partial charge < -0.3 is 33.7 Å². The molecule has 0 aliphatic rings. The smallest absolute Gasteiger partial charge is 0.121 e. The third-order valence-electron chi connectivity index (χ3n) is 8.56. The molecule has 7 heteroatoms. The highest BCUT2D eigenvalue weighted by Crippen LogP contribution is 2.40. The largest absolute Gasteiger partial charge is 0.494 e. The lowest BCUT2D eigenvalue weighted by Crippen LogP contribution is -2.10. The molecule has 7 rings (SSSR count). The maximum Gasteiger partial charge on any atom is 0.121 e. The maximum atomic E-state index is 5.87. The summed E-state index contributed by atoms with van der Waals surface area (Å²) >= 11 is 0. The minimum absolute atomic E-state index is 0.608. The number of ether oxygens (including phenoxy) is 4. The molecule has 0 spiro atoms. The van der Waals surface area contributed by atoms with Crippen LogP contribution in [-0.4, -0.2) is 38.5 Å². The molecule has 1 heterocycles. The Balaban J connectivity index is 0.000000451. The molecule has 0 fully saturated rings. The Morgan fingerprint density at radius 2 is 0.788 bits per heavy atom. The molecule has 0 saturated heterocycles. The molecule has 0 aliphatic carbocycles. The van der Waals surface area contributed by atoms with Crippen LogP contribution in [0, 0.1) is 0 Å². The molecule has 1 aromatic heterocycles. The molecule has 7 aromatic rings. The predicted molar refractivity (Wildman–Crippen MR) is 216 cm³/mol. The summed E-state index contributed by atoms with van der Waals surface area (Å²) in [6.07, 6.45) is 0. The zero-order valence-corrected chi connectivity index (χ0v) is 30.6. The first-order valence-corrected chi connectivity index (χ1v) is 18.0. The Morgan fingerprint density at radius 1 is 0.404 bits per heavy atom. The molecule has 266 valence electrons. The van der Waals surface area contributed by atoms with Crippen LogP contribution >= 0.6 is 0 Å². The summed E-state index contributed by atoms with van der Waals surface area (Å²) in [4.78, 5) is 8.05. The third-order valence-corrected chi connectivity index (χ3v) is 8.56. The van der Waals surface area contributed by atoms with Crippen LogP contribution < -0.4 is 28.7 Å². The zero-order valence-electron chi connectivity index (χ0n) is 30.6.